The van der Waals surface area contributed by atoms with Crippen LogP contribution >= 0.6 is 0 Å². The number of aryl methyl sites for hydroxylation is 2. The maximum Gasteiger partial charge on any atom is 0.323 e. The molecular weight excluding hydrogens is 525 g/mol. The maximum atomic E-state index is 14.9. The van der Waals surface area contributed by atoms with E-state index < -0.39 is 11.8 Å². The number of likely N-dealkylation sites (N-methyl/N-ethyl adjacent to an activating group) is 1. The van der Waals surface area contributed by atoms with Crippen LogP contribution in [0.5, 0.6) is 0 Å². The number of benzene rings is 2. The van der Waals surface area contributed by atoms with E-state index in [2.05, 4.69) is 25.8 Å². The lowest BCUT2D eigenvalue weighted by Crippen LogP contribution is -2.60. The highest BCUT2D eigenvalue weighted by Crippen LogP contribution is 2.30. The van der Waals surface area contributed by atoms with Crippen molar-refractivity contribution < 1.29 is 14.0 Å². The third kappa shape index (κ3) is 5.75. The molecule has 2 aromatic heterocycles. The Morgan fingerprint density at radius 3 is 2.44 bits per heavy atom. The van der Waals surface area contributed by atoms with Crippen LogP contribution in [0.1, 0.15) is 12.5 Å². The van der Waals surface area contributed by atoms with Crippen LogP contribution in [0, 0.1) is 12.7 Å². The fourth-order valence-electron chi connectivity index (χ4n) is 4.85. The Kier molecular flexibility index (Phi) is 7.71. The molecule has 0 radical (unpaired) electrons. The van der Waals surface area contributed by atoms with Gasteiger partial charge in [0.05, 0.1) is 11.2 Å². The number of anilines is 3. The molecule has 3 N–H and O–H groups in total. The van der Waals surface area contributed by atoms with Crippen LogP contribution in [-0.2, 0) is 6.54 Å². The fraction of sp³-hybridized carbons (Fsp3) is 0.267. The van der Waals surface area contributed by atoms with Crippen molar-refractivity contribution in [1.82, 2.24) is 19.4 Å². The Bertz CT molecular complexity index is 1680. The number of hydrogen-bond donors (Lipinski definition) is 3. The minimum absolute atomic E-state index is 0.0553. The third-order valence-electron chi connectivity index (χ3n) is 7.29. The van der Waals surface area contributed by atoms with E-state index in [1.54, 1.807) is 59.0 Å². The molecule has 3 heterocycles. The van der Waals surface area contributed by atoms with Crippen molar-refractivity contribution >= 4 is 40.2 Å². The summed E-state index contributed by atoms with van der Waals surface area (Å²) in [5.41, 5.74) is 2.21. The zero-order valence-corrected chi connectivity index (χ0v) is 23.4. The SMILES string of the molecule is CCn1c(=O)c(-c2cc(NC(=O)Nc3ccccc3)c(F)cc2C)cc2cnc(NC(=O)N3CC(N(C)C)C3)cc21. The first-order valence-electron chi connectivity index (χ1n) is 13.3. The predicted octanol–water partition coefficient (Wildman–Crippen LogP) is 4.95. The van der Waals surface area contributed by atoms with Gasteiger partial charge in [-0.05, 0) is 69.4 Å². The van der Waals surface area contributed by atoms with Crippen LogP contribution in [0.25, 0.3) is 22.0 Å². The summed E-state index contributed by atoms with van der Waals surface area (Å²) in [5, 5.41) is 8.70. The molecule has 212 valence electrons. The lowest BCUT2D eigenvalue weighted by molar-refractivity contribution is 0.0942. The highest BCUT2D eigenvalue weighted by atomic mass is 19.1. The molecule has 10 nitrogen and oxygen atoms in total. The number of likely N-dealkylation sites (tertiary alicyclic amines) is 1. The van der Waals surface area contributed by atoms with Crippen LogP contribution in [0.4, 0.5) is 31.2 Å². The normalized spacial score (nSPS) is 13.3. The maximum absolute atomic E-state index is 14.9. The second-order valence-electron chi connectivity index (χ2n) is 10.3. The zero-order chi connectivity index (χ0) is 29.3. The van der Waals surface area contributed by atoms with Gasteiger partial charge in [0.1, 0.15) is 11.6 Å². The smallest absolute Gasteiger partial charge is 0.321 e. The Labute approximate surface area is 236 Å². The van der Waals surface area contributed by atoms with E-state index in [0.717, 1.165) is 0 Å². The molecule has 2 aromatic carbocycles. The summed E-state index contributed by atoms with van der Waals surface area (Å²) in [7, 11) is 3.97. The molecule has 0 atom stereocenters. The summed E-state index contributed by atoms with van der Waals surface area (Å²) in [5.74, 6) is -0.272. The van der Waals surface area contributed by atoms with Crippen molar-refractivity contribution in [1.29, 1.82) is 0 Å². The number of carbonyl (C=O) groups excluding carboxylic acids is 2. The molecule has 0 unspecified atom stereocenters. The molecule has 1 aliphatic rings. The second-order valence-corrected chi connectivity index (χ2v) is 10.3. The number of amides is 4. The number of nitrogens with one attached hydrogen (secondary N) is 3. The third-order valence-corrected chi connectivity index (χ3v) is 7.29. The second kappa shape index (κ2) is 11.4. The Morgan fingerprint density at radius 2 is 1.76 bits per heavy atom. The van der Waals surface area contributed by atoms with Crippen LogP contribution < -0.4 is 21.5 Å². The van der Waals surface area contributed by atoms with E-state index in [0.29, 0.717) is 64.8 Å². The van der Waals surface area contributed by atoms with Gasteiger partial charge in [-0.15, -0.1) is 0 Å². The Hall–Kier alpha value is -4.77. The van der Waals surface area contributed by atoms with E-state index in [4.69, 9.17) is 0 Å². The molecule has 0 aliphatic carbocycles. The summed E-state index contributed by atoms with van der Waals surface area (Å²) in [6.45, 7) is 5.19. The molecule has 4 amide bonds. The summed E-state index contributed by atoms with van der Waals surface area (Å²) < 4.78 is 16.5. The zero-order valence-electron chi connectivity index (χ0n) is 23.4. The summed E-state index contributed by atoms with van der Waals surface area (Å²) in [4.78, 5) is 47.0. The molecule has 0 saturated carbocycles. The average Bonchev–Trinajstić information content (AvgIpc) is 2.89. The molecule has 1 saturated heterocycles. The summed E-state index contributed by atoms with van der Waals surface area (Å²) in [6.07, 6.45) is 1.60. The van der Waals surface area contributed by atoms with E-state index in [1.807, 2.05) is 27.1 Å². The standard InChI is InChI=1S/C30H32FN7O3/c1-5-38-26-14-27(35-30(41)37-16-21(17-37)36(3)4)32-15-19(26)12-23(28(38)39)22-13-25(24(31)11-18(22)2)34-29(40)33-20-9-7-6-8-10-20/h6-15,21H,5,16-17H2,1-4H3,(H,32,35,41)(H2,33,34,40). The van der Waals surface area contributed by atoms with Gasteiger partial charge in [0, 0.05) is 54.6 Å². The molecular formula is C30H32FN7O3. The molecule has 1 aliphatic heterocycles. The number of rotatable bonds is 6. The average molecular weight is 558 g/mol. The van der Waals surface area contributed by atoms with Gasteiger partial charge < -0.3 is 25.0 Å². The number of hydrogen-bond acceptors (Lipinski definition) is 5. The van der Waals surface area contributed by atoms with Crippen molar-refractivity contribution in [3.05, 3.63) is 82.5 Å². The number of halogens is 1. The monoisotopic (exact) mass is 557 g/mol. The van der Waals surface area contributed by atoms with Crippen molar-refractivity contribution in [2.24, 2.45) is 0 Å². The molecule has 1 fully saturated rings. The number of urea groups is 2. The fourth-order valence-corrected chi connectivity index (χ4v) is 4.85. The van der Waals surface area contributed by atoms with E-state index in [1.165, 1.54) is 12.1 Å². The highest BCUT2D eigenvalue weighted by molar-refractivity contribution is 6.00. The quantitative estimate of drug-likeness (QED) is 0.311. The number of carbonyl (C=O) groups is 2. The molecule has 4 aromatic rings. The Balaban J connectivity index is 1.43. The van der Waals surface area contributed by atoms with Crippen LogP contribution in [0.15, 0.2) is 65.6 Å². The van der Waals surface area contributed by atoms with Gasteiger partial charge in [0.2, 0.25) is 0 Å². The first-order chi connectivity index (χ1) is 19.6. The van der Waals surface area contributed by atoms with E-state index in [9.17, 15) is 18.8 Å². The van der Waals surface area contributed by atoms with E-state index in [-0.39, 0.29) is 17.3 Å². The number of nitrogens with zero attached hydrogens (tertiary/aromatic N) is 4. The highest BCUT2D eigenvalue weighted by Gasteiger charge is 2.32. The van der Waals surface area contributed by atoms with Gasteiger partial charge in [-0.3, -0.25) is 10.1 Å². The van der Waals surface area contributed by atoms with Crippen molar-refractivity contribution in [2.75, 3.05) is 43.1 Å². The van der Waals surface area contributed by atoms with Crippen LogP contribution in [0.3, 0.4) is 0 Å². The minimum atomic E-state index is -0.618. The minimum Gasteiger partial charge on any atom is -0.321 e. The Morgan fingerprint density at radius 1 is 1.02 bits per heavy atom. The lowest BCUT2D eigenvalue weighted by Gasteiger charge is -2.42. The van der Waals surface area contributed by atoms with Crippen molar-refractivity contribution in [3.8, 4) is 11.1 Å². The first-order valence-corrected chi connectivity index (χ1v) is 13.3. The van der Waals surface area contributed by atoms with Gasteiger partial charge in [0.25, 0.3) is 5.56 Å². The van der Waals surface area contributed by atoms with Gasteiger partial charge >= 0.3 is 12.1 Å². The van der Waals surface area contributed by atoms with E-state index >= 15 is 0 Å². The predicted molar refractivity (Wildman–Crippen MR) is 159 cm³/mol. The number of para-hydroxylation sites is 1. The van der Waals surface area contributed by atoms with Gasteiger partial charge in [-0.2, -0.15) is 0 Å². The number of pyridine rings is 2. The molecule has 0 spiro atoms. The van der Waals surface area contributed by atoms with Gasteiger partial charge in [-0.1, -0.05) is 18.2 Å². The number of fused-ring (bicyclic) bond motifs is 1. The molecule has 0 bridgehead atoms. The van der Waals surface area contributed by atoms with Crippen LogP contribution in [-0.4, -0.2) is 64.6 Å². The topological polar surface area (TPSA) is 112 Å². The van der Waals surface area contributed by atoms with Crippen LogP contribution in [0.2, 0.25) is 0 Å². The molecule has 41 heavy (non-hydrogen) atoms. The summed E-state index contributed by atoms with van der Waals surface area (Å²) >= 11 is 0. The summed E-state index contributed by atoms with van der Waals surface area (Å²) in [6, 6.07) is 14.4. The molecule has 5 rings (SSSR count). The molecule has 11 heteroatoms. The van der Waals surface area contributed by atoms with Gasteiger partial charge in [-0.25, -0.2) is 19.0 Å². The lowest BCUT2D eigenvalue weighted by atomic mass is 9.99. The number of aromatic nitrogens is 2. The van der Waals surface area contributed by atoms with Crippen molar-refractivity contribution in [3.63, 3.8) is 0 Å². The largest absolute Gasteiger partial charge is 0.323 e. The first kappa shape index (κ1) is 27.8. The van der Waals surface area contributed by atoms with Gasteiger partial charge in [0.15, 0.2) is 0 Å². The van der Waals surface area contributed by atoms with Crippen molar-refractivity contribution in [2.45, 2.75) is 26.4 Å².